The van der Waals surface area contributed by atoms with Crippen molar-refractivity contribution in [2.75, 3.05) is 0 Å². The molecule has 7 heteroatoms. The van der Waals surface area contributed by atoms with Crippen molar-refractivity contribution in [3.8, 4) is 16.9 Å². The summed E-state index contributed by atoms with van der Waals surface area (Å²) < 4.78 is 27.2. The summed E-state index contributed by atoms with van der Waals surface area (Å²) in [6.07, 6.45) is 3.28. The van der Waals surface area contributed by atoms with Crippen LogP contribution in [0.5, 0.6) is 5.75 Å². The lowest BCUT2D eigenvalue weighted by atomic mass is 9.85. The molecule has 5 rings (SSSR count). The Morgan fingerprint density at radius 3 is 2.68 bits per heavy atom. The Hall–Kier alpha value is -3.22. The molecule has 1 aromatic heterocycles. The van der Waals surface area contributed by atoms with Crippen LogP contribution in [0.25, 0.3) is 32.8 Å². The van der Waals surface area contributed by atoms with Gasteiger partial charge in [-0.05, 0) is 92.6 Å². The number of rotatable bonds is 6. The number of nitrogens with zero attached hydrogens (tertiary/aromatic N) is 1. The number of carboxylic acid groups (broad SMARTS) is 1. The number of hydrogen-bond acceptors (Lipinski definition) is 4. The molecule has 198 valence electrons. The van der Waals surface area contributed by atoms with Gasteiger partial charge in [0.15, 0.2) is 6.10 Å². The monoisotopic (exact) mass is 535 g/mol. The highest BCUT2D eigenvalue weighted by Crippen LogP contribution is 2.46. The van der Waals surface area contributed by atoms with Crippen LogP contribution in [-0.4, -0.2) is 27.8 Å². The summed E-state index contributed by atoms with van der Waals surface area (Å²) in [5.41, 5.74) is 3.40. The van der Waals surface area contributed by atoms with Gasteiger partial charge in [-0.1, -0.05) is 24.9 Å². The normalized spacial score (nSPS) is 16.0. The van der Waals surface area contributed by atoms with Gasteiger partial charge >= 0.3 is 5.97 Å². The number of fused-ring (bicyclic) bond motifs is 1. The zero-order valence-electron chi connectivity index (χ0n) is 22.2. The molecule has 0 bridgehead atoms. The molecule has 0 saturated carbocycles. The molecule has 0 saturated heterocycles. The van der Waals surface area contributed by atoms with E-state index >= 15 is 0 Å². The van der Waals surface area contributed by atoms with E-state index in [1.807, 2.05) is 45.9 Å². The number of aromatic nitrogens is 1. The predicted octanol–water partition coefficient (Wildman–Crippen LogP) is 8.20. The van der Waals surface area contributed by atoms with E-state index in [1.165, 1.54) is 12.1 Å². The van der Waals surface area contributed by atoms with Gasteiger partial charge in [0.05, 0.1) is 16.1 Å². The first-order chi connectivity index (χ1) is 18.0. The van der Waals surface area contributed by atoms with Crippen molar-refractivity contribution >= 4 is 39.2 Å². The van der Waals surface area contributed by atoms with Gasteiger partial charge in [-0.2, -0.15) is 0 Å². The molecule has 0 fully saturated rings. The number of benzene rings is 3. The fourth-order valence-electron chi connectivity index (χ4n) is 5.51. The van der Waals surface area contributed by atoms with Crippen LogP contribution in [0.4, 0.5) is 4.39 Å². The first-order valence-corrected chi connectivity index (χ1v) is 13.3. The Morgan fingerprint density at radius 2 is 2.00 bits per heavy atom. The third kappa shape index (κ3) is 4.72. The highest BCUT2D eigenvalue weighted by Gasteiger charge is 2.33. The van der Waals surface area contributed by atoms with Crippen LogP contribution in [0.1, 0.15) is 63.3 Å². The lowest BCUT2D eigenvalue weighted by Gasteiger charge is -2.30. The molecule has 0 amide bonds. The van der Waals surface area contributed by atoms with Crippen molar-refractivity contribution in [1.82, 2.24) is 4.98 Å². The van der Waals surface area contributed by atoms with E-state index in [4.69, 9.17) is 26.1 Å². The molecular weight excluding hydrogens is 505 g/mol. The molecule has 2 atom stereocenters. The summed E-state index contributed by atoms with van der Waals surface area (Å²) in [5.74, 6) is -0.892. The highest BCUT2D eigenvalue weighted by molar-refractivity contribution is 6.36. The van der Waals surface area contributed by atoms with Gasteiger partial charge in [-0.3, -0.25) is 4.98 Å². The quantitative estimate of drug-likeness (QED) is 0.269. The molecule has 1 unspecified atom stereocenters. The third-order valence-corrected chi connectivity index (χ3v) is 7.25. The summed E-state index contributed by atoms with van der Waals surface area (Å²) in [6, 6.07) is 10.3. The van der Waals surface area contributed by atoms with E-state index in [0.29, 0.717) is 38.5 Å². The minimum absolute atomic E-state index is 0.0868. The van der Waals surface area contributed by atoms with E-state index in [2.05, 4.69) is 6.92 Å². The maximum atomic E-state index is 14.8. The molecule has 1 N–H and O–H groups in total. The molecule has 4 aromatic rings. The number of aryl methyl sites for hydroxylation is 1. The average molecular weight is 536 g/mol. The zero-order chi connectivity index (χ0) is 27.4. The number of carbonyl (C=O) groups is 1. The predicted molar refractivity (Wildman–Crippen MR) is 149 cm³/mol. The molecule has 0 spiro atoms. The number of pyridine rings is 1. The van der Waals surface area contributed by atoms with Crippen molar-refractivity contribution in [3.63, 3.8) is 0 Å². The lowest BCUT2D eigenvalue weighted by molar-refractivity contribution is -0.160. The molecular formula is C31H31ClFNO4. The molecule has 3 aromatic carbocycles. The minimum atomic E-state index is -1.30. The van der Waals surface area contributed by atoms with Crippen molar-refractivity contribution in [3.05, 3.63) is 70.1 Å². The summed E-state index contributed by atoms with van der Waals surface area (Å²) in [6.45, 7) is 9.39. The molecule has 38 heavy (non-hydrogen) atoms. The van der Waals surface area contributed by atoms with Gasteiger partial charge in [0, 0.05) is 34.5 Å². The van der Waals surface area contributed by atoms with Gasteiger partial charge in [0.1, 0.15) is 17.7 Å². The summed E-state index contributed by atoms with van der Waals surface area (Å²) >= 11 is 6.52. The van der Waals surface area contributed by atoms with Gasteiger partial charge in [-0.25, -0.2) is 9.18 Å². The second kappa shape index (κ2) is 9.83. The minimum Gasteiger partial charge on any atom is -0.489 e. The number of ether oxygens (including phenoxy) is 2. The Bertz CT molecular complexity index is 1560. The molecule has 1 aliphatic rings. The SMILES string of the molecule is CCCC1Cc2ccnc3c(-c4c([C@H](OC(C)(C)C)C(=O)O)c(C)cc5c(Cl)cc(F)cc45)ccc(c23)O1. The van der Waals surface area contributed by atoms with Gasteiger partial charge < -0.3 is 14.6 Å². The molecule has 2 heterocycles. The van der Waals surface area contributed by atoms with E-state index in [-0.39, 0.29) is 11.1 Å². The number of halogens is 2. The van der Waals surface area contributed by atoms with Crippen LogP contribution in [0, 0.1) is 12.7 Å². The van der Waals surface area contributed by atoms with Crippen LogP contribution in [0.3, 0.4) is 0 Å². The van der Waals surface area contributed by atoms with E-state index in [1.54, 1.807) is 12.3 Å². The van der Waals surface area contributed by atoms with E-state index in [9.17, 15) is 14.3 Å². The van der Waals surface area contributed by atoms with Crippen LogP contribution in [-0.2, 0) is 16.0 Å². The van der Waals surface area contributed by atoms with Gasteiger partial charge in [-0.15, -0.1) is 0 Å². The van der Waals surface area contributed by atoms with Gasteiger partial charge in [0.25, 0.3) is 0 Å². The summed E-state index contributed by atoms with van der Waals surface area (Å²) in [4.78, 5) is 17.4. The number of hydrogen-bond donors (Lipinski definition) is 1. The van der Waals surface area contributed by atoms with Crippen molar-refractivity contribution in [2.24, 2.45) is 0 Å². The molecule has 1 aliphatic heterocycles. The first-order valence-electron chi connectivity index (χ1n) is 12.9. The third-order valence-electron chi connectivity index (χ3n) is 6.94. The molecule has 0 radical (unpaired) electrons. The Morgan fingerprint density at radius 1 is 1.24 bits per heavy atom. The van der Waals surface area contributed by atoms with Crippen molar-refractivity contribution in [1.29, 1.82) is 0 Å². The second-order valence-corrected chi connectivity index (χ2v) is 11.4. The first kappa shape index (κ1) is 26.4. The van der Waals surface area contributed by atoms with Crippen LogP contribution in [0.15, 0.2) is 42.6 Å². The number of carboxylic acids is 1. The van der Waals surface area contributed by atoms with E-state index in [0.717, 1.165) is 36.0 Å². The average Bonchev–Trinajstić information content (AvgIpc) is 2.83. The van der Waals surface area contributed by atoms with Crippen molar-refractivity contribution in [2.45, 2.75) is 71.7 Å². The zero-order valence-corrected chi connectivity index (χ0v) is 22.9. The Labute approximate surface area is 226 Å². The number of aliphatic carboxylic acids is 1. The molecule has 5 nitrogen and oxygen atoms in total. The summed E-state index contributed by atoms with van der Waals surface area (Å²) in [5, 5.41) is 12.6. The van der Waals surface area contributed by atoms with Crippen LogP contribution < -0.4 is 4.74 Å². The van der Waals surface area contributed by atoms with E-state index < -0.39 is 23.5 Å². The van der Waals surface area contributed by atoms with Crippen LogP contribution in [0.2, 0.25) is 5.02 Å². The lowest BCUT2D eigenvalue weighted by Crippen LogP contribution is -2.28. The second-order valence-electron chi connectivity index (χ2n) is 11.0. The highest BCUT2D eigenvalue weighted by atomic mass is 35.5. The fourth-order valence-corrected chi connectivity index (χ4v) is 5.77. The summed E-state index contributed by atoms with van der Waals surface area (Å²) in [7, 11) is 0. The van der Waals surface area contributed by atoms with Gasteiger partial charge in [0.2, 0.25) is 0 Å². The Kier molecular flexibility index (Phi) is 6.82. The topological polar surface area (TPSA) is 68.7 Å². The smallest absolute Gasteiger partial charge is 0.337 e. The van der Waals surface area contributed by atoms with Crippen LogP contribution >= 0.6 is 11.6 Å². The molecule has 0 aliphatic carbocycles. The Balaban J connectivity index is 1.88. The maximum absolute atomic E-state index is 14.8. The largest absolute Gasteiger partial charge is 0.489 e. The van der Waals surface area contributed by atoms with Crippen molar-refractivity contribution < 1.29 is 23.8 Å². The maximum Gasteiger partial charge on any atom is 0.337 e. The fraction of sp³-hybridized carbons (Fsp3) is 0.355. The standard InChI is InChI=1S/C31H31ClFNO4/c1-6-7-19-13-17-10-11-34-28-20(8-9-24(37-19)26(17)28)27-22-14-18(33)15-23(32)21(22)12-16(2)25(27)29(30(35)36)38-31(3,4)5/h8-12,14-15,19,29H,6-7,13H2,1-5H3,(H,35,36)/t19?,29-/m0/s1.